The van der Waals surface area contributed by atoms with E-state index in [1.54, 1.807) is 18.1 Å². The molecule has 0 spiro atoms. The molecule has 25 heavy (non-hydrogen) atoms. The summed E-state index contributed by atoms with van der Waals surface area (Å²) in [6.07, 6.45) is 1.80. The van der Waals surface area contributed by atoms with Crippen LogP contribution in [0.25, 0.3) is 0 Å². The summed E-state index contributed by atoms with van der Waals surface area (Å²) in [4.78, 5) is 16.7. The van der Waals surface area contributed by atoms with Gasteiger partial charge in [-0.25, -0.2) is 4.98 Å². The van der Waals surface area contributed by atoms with Gasteiger partial charge in [-0.1, -0.05) is 36.4 Å². The number of amides is 1. The smallest absolute Gasteiger partial charge is 0.221 e. The van der Waals surface area contributed by atoms with Crippen LogP contribution in [-0.2, 0) is 11.3 Å². The summed E-state index contributed by atoms with van der Waals surface area (Å²) >= 11 is 1.62. The third-order valence-electron chi connectivity index (χ3n) is 3.46. The minimum atomic E-state index is -0.0698. The molecule has 0 bridgehead atoms. The lowest BCUT2D eigenvalue weighted by Gasteiger charge is -2.22. The third-order valence-corrected chi connectivity index (χ3v) is 4.48. The molecule has 5 heteroatoms. The Morgan fingerprint density at radius 2 is 1.72 bits per heavy atom. The standard InChI is InChI=1S/C20H19N3OS/c1-16(24)22-18-10-12-19(13-11-18)25-23(20-9-5-6-14-21-20)15-17-7-3-2-4-8-17/h2-14H,15H2,1H3,(H,22,24). The molecule has 0 unspecified atom stereocenters. The molecule has 126 valence electrons. The topological polar surface area (TPSA) is 45.2 Å². The van der Waals surface area contributed by atoms with Gasteiger partial charge in [0, 0.05) is 23.7 Å². The molecule has 0 aliphatic rings. The van der Waals surface area contributed by atoms with Gasteiger partial charge in [0.05, 0.1) is 6.54 Å². The van der Waals surface area contributed by atoms with Crippen molar-refractivity contribution in [3.05, 3.63) is 84.6 Å². The van der Waals surface area contributed by atoms with Crippen molar-refractivity contribution in [2.75, 3.05) is 9.62 Å². The Balaban J connectivity index is 1.79. The minimum absolute atomic E-state index is 0.0698. The molecule has 1 heterocycles. The average molecular weight is 349 g/mol. The highest BCUT2D eigenvalue weighted by atomic mass is 32.2. The van der Waals surface area contributed by atoms with Crippen molar-refractivity contribution >= 4 is 29.4 Å². The quantitative estimate of drug-likeness (QED) is 0.652. The van der Waals surface area contributed by atoms with E-state index >= 15 is 0 Å². The lowest BCUT2D eigenvalue weighted by molar-refractivity contribution is -0.114. The van der Waals surface area contributed by atoms with Crippen molar-refractivity contribution in [3.63, 3.8) is 0 Å². The lowest BCUT2D eigenvalue weighted by Crippen LogP contribution is -2.15. The number of carbonyl (C=O) groups is 1. The predicted molar refractivity (Wildman–Crippen MR) is 103 cm³/mol. The van der Waals surface area contributed by atoms with E-state index in [1.165, 1.54) is 12.5 Å². The van der Waals surface area contributed by atoms with Crippen LogP contribution in [0.4, 0.5) is 11.5 Å². The Hall–Kier alpha value is -2.79. The first kappa shape index (κ1) is 17.0. The summed E-state index contributed by atoms with van der Waals surface area (Å²) in [7, 11) is 0. The van der Waals surface area contributed by atoms with E-state index in [2.05, 4.69) is 26.7 Å². The Bertz CT molecular complexity index is 807. The van der Waals surface area contributed by atoms with Crippen LogP contribution in [0.15, 0.2) is 83.9 Å². The van der Waals surface area contributed by atoms with Crippen LogP contribution < -0.4 is 9.62 Å². The second-order valence-corrected chi connectivity index (χ2v) is 6.60. The van der Waals surface area contributed by atoms with Crippen LogP contribution in [-0.4, -0.2) is 10.9 Å². The number of carbonyl (C=O) groups excluding carboxylic acids is 1. The zero-order chi connectivity index (χ0) is 17.5. The van der Waals surface area contributed by atoms with E-state index in [9.17, 15) is 4.79 Å². The molecule has 0 fully saturated rings. The first-order valence-corrected chi connectivity index (χ1v) is 8.76. The Kier molecular flexibility index (Phi) is 5.69. The highest BCUT2D eigenvalue weighted by molar-refractivity contribution is 8.00. The normalized spacial score (nSPS) is 10.3. The number of pyridine rings is 1. The molecule has 0 atom stereocenters. The Morgan fingerprint density at radius 3 is 2.36 bits per heavy atom. The van der Waals surface area contributed by atoms with Crippen molar-refractivity contribution in [1.29, 1.82) is 0 Å². The predicted octanol–water partition coefficient (Wildman–Crippen LogP) is 4.75. The number of nitrogens with one attached hydrogen (secondary N) is 1. The number of aromatic nitrogens is 1. The van der Waals surface area contributed by atoms with E-state index < -0.39 is 0 Å². The van der Waals surface area contributed by atoms with Gasteiger partial charge in [0.1, 0.15) is 5.82 Å². The van der Waals surface area contributed by atoms with Gasteiger partial charge in [0.2, 0.25) is 5.91 Å². The summed E-state index contributed by atoms with van der Waals surface area (Å²) in [5.41, 5.74) is 2.01. The van der Waals surface area contributed by atoms with Crippen LogP contribution in [0.2, 0.25) is 0 Å². The van der Waals surface area contributed by atoms with E-state index in [0.29, 0.717) is 0 Å². The van der Waals surface area contributed by atoms with E-state index in [-0.39, 0.29) is 5.91 Å². The second kappa shape index (κ2) is 8.35. The van der Waals surface area contributed by atoms with Gasteiger partial charge < -0.3 is 5.32 Å². The van der Waals surface area contributed by atoms with Crippen molar-refractivity contribution in [2.45, 2.75) is 18.4 Å². The molecular weight excluding hydrogens is 330 g/mol. The van der Waals surface area contributed by atoms with Gasteiger partial charge in [-0.2, -0.15) is 0 Å². The maximum absolute atomic E-state index is 11.1. The molecule has 2 aromatic carbocycles. The fraction of sp³-hybridized carbons (Fsp3) is 0.100. The fourth-order valence-corrected chi connectivity index (χ4v) is 3.27. The molecule has 0 aliphatic heterocycles. The summed E-state index contributed by atoms with van der Waals surface area (Å²) < 4.78 is 2.16. The van der Waals surface area contributed by atoms with Gasteiger partial charge in [0.25, 0.3) is 0 Å². The number of benzene rings is 2. The van der Waals surface area contributed by atoms with Crippen molar-refractivity contribution in [2.24, 2.45) is 0 Å². The first-order chi connectivity index (χ1) is 12.2. The summed E-state index contributed by atoms with van der Waals surface area (Å²) in [5, 5.41) is 2.78. The van der Waals surface area contributed by atoms with Crippen molar-refractivity contribution in [3.8, 4) is 0 Å². The molecule has 4 nitrogen and oxygen atoms in total. The van der Waals surface area contributed by atoms with Crippen LogP contribution in [0.1, 0.15) is 12.5 Å². The molecular formula is C20H19N3OS. The SMILES string of the molecule is CC(=O)Nc1ccc(SN(Cc2ccccc2)c2ccccn2)cc1. The highest BCUT2D eigenvalue weighted by Gasteiger charge is 2.11. The fourth-order valence-electron chi connectivity index (χ4n) is 2.34. The number of hydrogen-bond donors (Lipinski definition) is 1. The van der Waals surface area contributed by atoms with E-state index in [4.69, 9.17) is 0 Å². The second-order valence-electron chi connectivity index (χ2n) is 5.51. The zero-order valence-electron chi connectivity index (χ0n) is 13.9. The zero-order valence-corrected chi connectivity index (χ0v) is 14.7. The van der Waals surface area contributed by atoms with Gasteiger partial charge in [-0.15, -0.1) is 0 Å². The molecule has 0 radical (unpaired) electrons. The van der Waals surface area contributed by atoms with Crippen LogP contribution >= 0.6 is 11.9 Å². The molecule has 3 rings (SSSR count). The maximum Gasteiger partial charge on any atom is 0.221 e. The van der Waals surface area contributed by atoms with Crippen LogP contribution in [0.3, 0.4) is 0 Å². The van der Waals surface area contributed by atoms with Crippen LogP contribution in [0, 0.1) is 0 Å². The molecule has 1 amide bonds. The number of rotatable bonds is 6. The van der Waals surface area contributed by atoms with Crippen LogP contribution in [0.5, 0.6) is 0 Å². The van der Waals surface area contributed by atoms with Crippen molar-refractivity contribution in [1.82, 2.24) is 4.98 Å². The molecule has 3 aromatic rings. The monoisotopic (exact) mass is 349 g/mol. The minimum Gasteiger partial charge on any atom is -0.326 e. The van der Waals surface area contributed by atoms with Gasteiger partial charge in [0.15, 0.2) is 0 Å². The number of nitrogens with zero attached hydrogens (tertiary/aromatic N) is 2. The lowest BCUT2D eigenvalue weighted by atomic mass is 10.2. The first-order valence-electron chi connectivity index (χ1n) is 7.99. The van der Waals surface area contributed by atoms with E-state index in [0.717, 1.165) is 22.9 Å². The largest absolute Gasteiger partial charge is 0.326 e. The molecule has 0 aliphatic carbocycles. The highest BCUT2D eigenvalue weighted by Crippen LogP contribution is 2.30. The summed E-state index contributed by atoms with van der Waals surface area (Å²) in [5.74, 6) is 0.835. The Morgan fingerprint density at radius 1 is 1.00 bits per heavy atom. The molecule has 0 saturated carbocycles. The maximum atomic E-state index is 11.1. The average Bonchev–Trinajstić information content (AvgIpc) is 2.64. The van der Waals surface area contributed by atoms with E-state index in [1.807, 2.05) is 60.7 Å². The Labute approximate surface area is 152 Å². The molecule has 0 saturated heterocycles. The summed E-state index contributed by atoms with van der Waals surface area (Å²) in [6.45, 7) is 2.25. The molecule has 1 N–H and O–H groups in total. The number of hydrogen-bond acceptors (Lipinski definition) is 4. The number of anilines is 2. The third kappa shape index (κ3) is 5.09. The van der Waals surface area contributed by atoms with Gasteiger partial charge in [-0.3, -0.25) is 9.10 Å². The van der Waals surface area contributed by atoms with Gasteiger partial charge >= 0.3 is 0 Å². The van der Waals surface area contributed by atoms with Gasteiger partial charge in [-0.05, 0) is 53.9 Å². The molecule has 1 aromatic heterocycles. The summed E-state index contributed by atoms with van der Waals surface area (Å²) in [6, 6.07) is 24.0. The van der Waals surface area contributed by atoms with Crippen molar-refractivity contribution < 1.29 is 4.79 Å².